The van der Waals surface area contributed by atoms with E-state index in [4.69, 9.17) is 18.9 Å². The second kappa shape index (κ2) is 7.94. The molecule has 0 aliphatic heterocycles. The fourth-order valence-electron chi connectivity index (χ4n) is 3.56. The molecule has 160 valence electrons. The summed E-state index contributed by atoms with van der Waals surface area (Å²) in [5.74, 6) is 1.49. The Morgan fingerprint density at radius 3 is 2.00 bits per heavy atom. The van der Waals surface area contributed by atoms with Crippen molar-refractivity contribution in [3.8, 4) is 40.1 Å². The lowest BCUT2D eigenvalue weighted by Gasteiger charge is -2.14. The van der Waals surface area contributed by atoms with Crippen LogP contribution in [0.4, 0.5) is 0 Å². The molecule has 9 nitrogen and oxygen atoms in total. The molecular weight excluding hydrogens is 402 g/mol. The Labute approximate surface area is 177 Å². The van der Waals surface area contributed by atoms with Gasteiger partial charge in [0.2, 0.25) is 5.75 Å². The van der Waals surface area contributed by atoms with Gasteiger partial charge in [-0.05, 0) is 18.2 Å². The van der Waals surface area contributed by atoms with Crippen LogP contribution in [-0.2, 0) is 0 Å². The molecule has 0 radical (unpaired) electrons. The molecule has 31 heavy (non-hydrogen) atoms. The van der Waals surface area contributed by atoms with E-state index in [2.05, 4.69) is 4.98 Å². The van der Waals surface area contributed by atoms with Gasteiger partial charge < -0.3 is 24.1 Å². The Hall–Kier alpha value is -4.14. The van der Waals surface area contributed by atoms with Crippen LogP contribution in [0, 0.1) is 0 Å². The first-order valence-electron chi connectivity index (χ1n) is 9.29. The van der Waals surface area contributed by atoms with E-state index >= 15 is 0 Å². The maximum absolute atomic E-state index is 13.6. The molecule has 2 aromatic carbocycles. The highest BCUT2D eigenvalue weighted by molar-refractivity contribution is 5.80. The standard InChI is InChI=1S/C22H21N3O6/c1-28-18-6-5-13(9-17(18)26)24-16-12-23-8-7-15(16)25(22(24)27)14-10-19(29-2)21(31-4)20(11-14)30-3/h5-12,26H,1-4H3. The van der Waals surface area contributed by atoms with Gasteiger partial charge in [0, 0.05) is 24.4 Å². The third-order valence-corrected chi connectivity index (χ3v) is 4.97. The van der Waals surface area contributed by atoms with Crippen molar-refractivity contribution in [3.05, 3.63) is 59.3 Å². The van der Waals surface area contributed by atoms with Gasteiger partial charge in [0.1, 0.15) is 0 Å². The molecule has 0 fully saturated rings. The van der Waals surface area contributed by atoms with Crippen molar-refractivity contribution >= 4 is 11.0 Å². The van der Waals surface area contributed by atoms with E-state index in [0.717, 1.165) is 0 Å². The highest BCUT2D eigenvalue weighted by Gasteiger charge is 2.20. The summed E-state index contributed by atoms with van der Waals surface area (Å²) < 4.78 is 24.3. The van der Waals surface area contributed by atoms with Crippen LogP contribution in [0.25, 0.3) is 22.4 Å². The molecule has 0 atom stereocenters. The van der Waals surface area contributed by atoms with Crippen molar-refractivity contribution in [2.24, 2.45) is 0 Å². The van der Waals surface area contributed by atoms with E-state index in [1.165, 1.54) is 43.6 Å². The molecule has 0 bridgehead atoms. The normalized spacial score (nSPS) is 10.8. The van der Waals surface area contributed by atoms with Crippen LogP contribution in [0.2, 0.25) is 0 Å². The Morgan fingerprint density at radius 2 is 1.42 bits per heavy atom. The Balaban J connectivity index is 2.03. The minimum absolute atomic E-state index is 0.0792. The summed E-state index contributed by atoms with van der Waals surface area (Å²) in [5.41, 5.74) is 1.80. The minimum Gasteiger partial charge on any atom is -0.504 e. The first kappa shape index (κ1) is 20.1. The first-order chi connectivity index (χ1) is 15.0. The summed E-state index contributed by atoms with van der Waals surface area (Å²) in [4.78, 5) is 17.7. The lowest BCUT2D eigenvalue weighted by molar-refractivity contribution is 0.324. The lowest BCUT2D eigenvalue weighted by atomic mass is 10.2. The third kappa shape index (κ3) is 3.20. The number of benzene rings is 2. The highest BCUT2D eigenvalue weighted by Crippen LogP contribution is 2.39. The number of pyridine rings is 1. The number of phenols is 1. The zero-order valence-corrected chi connectivity index (χ0v) is 17.4. The summed E-state index contributed by atoms with van der Waals surface area (Å²) >= 11 is 0. The smallest absolute Gasteiger partial charge is 0.338 e. The minimum atomic E-state index is -0.359. The number of methoxy groups -OCH3 is 4. The molecule has 9 heteroatoms. The van der Waals surface area contributed by atoms with Crippen LogP contribution in [0.1, 0.15) is 0 Å². The third-order valence-electron chi connectivity index (χ3n) is 4.97. The molecule has 0 aliphatic carbocycles. The monoisotopic (exact) mass is 423 g/mol. The fourth-order valence-corrected chi connectivity index (χ4v) is 3.56. The predicted octanol–water partition coefficient (Wildman–Crippen LogP) is 2.92. The average Bonchev–Trinajstić information content (AvgIpc) is 3.09. The maximum atomic E-state index is 13.6. The lowest BCUT2D eigenvalue weighted by Crippen LogP contribution is -2.22. The van der Waals surface area contributed by atoms with Gasteiger partial charge in [-0.15, -0.1) is 0 Å². The fraction of sp³-hybridized carbons (Fsp3) is 0.182. The number of aromatic nitrogens is 3. The molecular formula is C22H21N3O6. The quantitative estimate of drug-likeness (QED) is 0.509. The van der Waals surface area contributed by atoms with Gasteiger partial charge in [0.25, 0.3) is 0 Å². The first-order valence-corrected chi connectivity index (χ1v) is 9.29. The zero-order chi connectivity index (χ0) is 22.1. The molecule has 2 heterocycles. The summed E-state index contributed by atoms with van der Waals surface area (Å²) in [5, 5.41) is 10.2. The Kier molecular flexibility index (Phi) is 5.16. The molecule has 4 rings (SSSR count). The van der Waals surface area contributed by atoms with Crippen LogP contribution in [0.15, 0.2) is 53.6 Å². The van der Waals surface area contributed by atoms with Crippen LogP contribution in [0.5, 0.6) is 28.7 Å². The number of hydrogen-bond donors (Lipinski definition) is 1. The molecule has 0 saturated carbocycles. The van der Waals surface area contributed by atoms with E-state index in [1.807, 2.05) is 0 Å². The molecule has 0 saturated heterocycles. The SMILES string of the molecule is COc1ccc(-n2c(=O)n(-c3cc(OC)c(OC)c(OC)c3)c3ccncc32)cc1O. The summed E-state index contributed by atoms with van der Waals surface area (Å²) in [6, 6.07) is 9.87. The van der Waals surface area contributed by atoms with Crippen LogP contribution >= 0.6 is 0 Å². The number of imidazole rings is 1. The molecule has 0 spiro atoms. The van der Waals surface area contributed by atoms with Crippen molar-refractivity contribution in [2.75, 3.05) is 28.4 Å². The van der Waals surface area contributed by atoms with Gasteiger partial charge in [-0.25, -0.2) is 4.79 Å². The number of aromatic hydroxyl groups is 1. The van der Waals surface area contributed by atoms with E-state index in [1.54, 1.807) is 42.7 Å². The Morgan fingerprint density at radius 1 is 0.774 bits per heavy atom. The highest BCUT2D eigenvalue weighted by atomic mass is 16.5. The molecule has 4 aromatic rings. The van der Waals surface area contributed by atoms with Crippen molar-refractivity contribution in [3.63, 3.8) is 0 Å². The number of phenolic OH excluding ortho intramolecular Hbond substituents is 1. The maximum Gasteiger partial charge on any atom is 0.338 e. The van der Waals surface area contributed by atoms with Crippen molar-refractivity contribution in [2.45, 2.75) is 0 Å². The second-order valence-corrected chi connectivity index (χ2v) is 6.56. The molecule has 1 N–H and O–H groups in total. The van der Waals surface area contributed by atoms with Gasteiger partial charge in [0.05, 0.1) is 57.0 Å². The van der Waals surface area contributed by atoms with Gasteiger partial charge in [-0.2, -0.15) is 0 Å². The Bertz CT molecular complexity index is 1300. The van der Waals surface area contributed by atoms with E-state index < -0.39 is 0 Å². The summed E-state index contributed by atoms with van der Waals surface area (Å²) in [6.07, 6.45) is 3.19. The second-order valence-electron chi connectivity index (χ2n) is 6.56. The van der Waals surface area contributed by atoms with Gasteiger partial charge in [-0.3, -0.25) is 14.1 Å². The largest absolute Gasteiger partial charge is 0.504 e. The van der Waals surface area contributed by atoms with Gasteiger partial charge in [0.15, 0.2) is 23.0 Å². The summed E-state index contributed by atoms with van der Waals surface area (Å²) in [6.45, 7) is 0. The zero-order valence-electron chi connectivity index (χ0n) is 17.4. The number of ether oxygens (including phenoxy) is 4. The number of hydrogen-bond acceptors (Lipinski definition) is 7. The topological polar surface area (TPSA) is 97.0 Å². The van der Waals surface area contributed by atoms with E-state index in [0.29, 0.717) is 45.4 Å². The van der Waals surface area contributed by atoms with E-state index in [9.17, 15) is 9.90 Å². The number of rotatable bonds is 6. The molecule has 0 unspecified atom stereocenters. The van der Waals surface area contributed by atoms with Crippen molar-refractivity contribution in [1.29, 1.82) is 0 Å². The number of fused-ring (bicyclic) bond motifs is 1. The van der Waals surface area contributed by atoms with Crippen LogP contribution in [0.3, 0.4) is 0 Å². The molecule has 0 amide bonds. The van der Waals surface area contributed by atoms with Gasteiger partial charge in [-0.1, -0.05) is 0 Å². The van der Waals surface area contributed by atoms with Crippen molar-refractivity contribution in [1.82, 2.24) is 14.1 Å². The van der Waals surface area contributed by atoms with Crippen LogP contribution < -0.4 is 24.6 Å². The number of nitrogens with zero attached hydrogens (tertiary/aromatic N) is 3. The van der Waals surface area contributed by atoms with Crippen molar-refractivity contribution < 1.29 is 24.1 Å². The van der Waals surface area contributed by atoms with Gasteiger partial charge >= 0.3 is 5.69 Å². The van der Waals surface area contributed by atoms with Crippen LogP contribution in [-0.4, -0.2) is 47.7 Å². The molecule has 0 aliphatic rings. The molecule has 2 aromatic heterocycles. The summed E-state index contributed by atoms with van der Waals surface area (Å²) in [7, 11) is 6.00. The predicted molar refractivity (Wildman–Crippen MR) is 115 cm³/mol. The van der Waals surface area contributed by atoms with E-state index in [-0.39, 0.29) is 11.4 Å². The average molecular weight is 423 g/mol.